The number of methoxy groups -OCH3 is 1. The Morgan fingerprint density at radius 2 is 1.95 bits per heavy atom. The van der Waals surface area contributed by atoms with Crippen molar-refractivity contribution in [2.24, 2.45) is 0 Å². The zero-order chi connectivity index (χ0) is 14.9. The molecule has 20 heavy (non-hydrogen) atoms. The fourth-order valence-electron chi connectivity index (χ4n) is 1.94. The second kappa shape index (κ2) is 5.34. The minimum atomic E-state index is -0.320. The summed E-state index contributed by atoms with van der Waals surface area (Å²) in [5.41, 5.74) is 1.52. The number of carbonyl (C=O) groups is 2. The van der Waals surface area contributed by atoms with Gasteiger partial charge in [0.25, 0.3) is 5.91 Å². The van der Waals surface area contributed by atoms with E-state index < -0.39 is 0 Å². The molecule has 0 saturated carbocycles. The first-order chi connectivity index (χ1) is 9.49. The van der Waals surface area contributed by atoms with Crippen LogP contribution < -0.4 is 4.74 Å². The number of likely N-dealkylation sites (N-methyl/N-ethyl adjacent to an activating group) is 1. The summed E-state index contributed by atoms with van der Waals surface area (Å²) in [7, 11) is 6.20. The Balaban J connectivity index is 2.54. The van der Waals surface area contributed by atoms with Crippen molar-refractivity contribution in [3.63, 3.8) is 0 Å². The molecule has 0 aromatic heterocycles. The first-order valence-electron chi connectivity index (χ1n) is 5.99. The molecule has 0 atom stereocenters. The van der Waals surface area contributed by atoms with Crippen LogP contribution in [0, 0.1) is 0 Å². The molecule has 106 valence electrons. The number of nitrogens with zero attached hydrogens (tertiary/aromatic N) is 2. The maximum Gasteiger partial charge on any atom is 0.283 e. The SMILES string of the molecule is COc1ccc2c(c1)C(=O)N(OC)/C2=C/C(=O)N(C)C. The van der Waals surface area contributed by atoms with Crippen LogP contribution in [-0.2, 0) is 9.63 Å². The molecule has 0 spiro atoms. The number of rotatable bonds is 3. The molecule has 0 bridgehead atoms. The van der Waals surface area contributed by atoms with Crippen LogP contribution in [0.5, 0.6) is 5.75 Å². The van der Waals surface area contributed by atoms with Crippen molar-refractivity contribution in [3.05, 3.63) is 35.4 Å². The molecule has 0 unspecified atom stereocenters. The highest BCUT2D eigenvalue weighted by molar-refractivity contribution is 6.11. The maximum atomic E-state index is 12.2. The molecule has 1 aliphatic rings. The van der Waals surface area contributed by atoms with Crippen LogP contribution in [-0.4, -0.2) is 50.1 Å². The minimum absolute atomic E-state index is 0.224. The highest BCUT2D eigenvalue weighted by atomic mass is 16.7. The van der Waals surface area contributed by atoms with E-state index in [0.717, 1.165) is 5.06 Å². The smallest absolute Gasteiger partial charge is 0.283 e. The number of hydroxylamine groups is 2. The number of amides is 2. The lowest BCUT2D eigenvalue weighted by atomic mass is 10.1. The molecule has 6 nitrogen and oxygen atoms in total. The second-order valence-electron chi connectivity index (χ2n) is 4.46. The molecule has 1 aromatic carbocycles. The third kappa shape index (κ3) is 2.25. The number of fused-ring (bicyclic) bond motifs is 1. The van der Waals surface area contributed by atoms with Crippen molar-refractivity contribution in [2.75, 3.05) is 28.3 Å². The minimum Gasteiger partial charge on any atom is -0.497 e. The van der Waals surface area contributed by atoms with Crippen LogP contribution in [0.25, 0.3) is 5.70 Å². The van der Waals surface area contributed by atoms with Gasteiger partial charge in [0, 0.05) is 25.7 Å². The largest absolute Gasteiger partial charge is 0.497 e. The van der Waals surface area contributed by atoms with Crippen molar-refractivity contribution >= 4 is 17.5 Å². The molecule has 0 aliphatic carbocycles. The van der Waals surface area contributed by atoms with Gasteiger partial charge in [0.15, 0.2) is 0 Å². The third-order valence-electron chi connectivity index (χ3n) is 3.02. The Hall–Kier alpha value is -2.34. The van der Waals surface area contributed by atoms with Gasteiger partial charge < -0.3 is 9.64 Å². The summed E-state index contributed by atoms with van der Waals surface area (Å²) in [4.78, 5) is 30.6. The van der Waals surface area contributed by atoms with Gasteiger partial charge in [-0.2, -0.15) is 5.06 Å². The Kier molecular flexibility index (Phi) is 3.76. The third-order valence-corrected chi connectivity index (χ3v) is 3.02. The van der Waals surface area contributed by atoms with Gasteiger partial charge in [0.05, 0.1) is 25.5 Å². The highest BCUT2D eigenvalue weighted by Gasteiger charge is 2.34. The molecule has 0 saturated heterocycles. The quantitative estimate of drug-likeness (QED) is 0.777. The fraction of sp³-hybridized carbons (Fsp3) is 0.286. The first kappa shape index (κ1) is 14.1. The van der Waals surface area contributed by atoms with Crippen LogP contribution in [0.15, 0.2) is 24.3 Å². The summed E-state index contributed by atoms with van der Waals surface area (Å²) in [6.45, 7) is 0. The van der Waals surface area contributed by atoms with Gasteiger partial charge in [-0.25, -0.2) is 0 Å². The second-order valence-corrected chi connectivity index (χ2v) is 4.46. The number of hydrogen-bond donors (Lipinski definition) is 0. The fourth-order valence-corrected chi connectivity index (χ4v) is 1.94. The predicted molar refractivity (Wildman–Crippen MR) is 72.8 cm³/mol. The van der Waals surface area contributed by atoms with Crippen LogP contribution in [0.1, 0.15) is 15.9 Å². The molecule has 2 amide bonds. The average Bonchev–Trinajstić information content (AvgIpc) is 2.70. The lowest BCUT2D eigenvalue weighted by Gasteiger charge is -2.15. The van der Waals surface area contributed by atoms with Crippen molar-refractivity contribution in [2.45, 2.75) is 0 Å². The Bertz CT molecular complexity index is 593. The van der Waals surface area contributed by atoms with Crippen LogP contribution >= 0.6 is 0 Å². The topological polar surface area (TPSA) is 59.1 Å². The van der Waals surface area contributed by atoms with Gasteiger partial charge in [-0.1, -0.05) is 0 Å². The maximum absolute atomic E-state index is 12.2. The summed E-state index contributed by atoms with van der Waals surface area (Å²) < 4.78 is 5.11. The molecule has 1 aromatic rings. The molecular formula is C14H16N2O4. The molecule has 1 aliphatic heterocycles. The predicted octanol–water partition coefficient (Wildman–Crippen LogP) is 1.14. The number of ether oxygens (including phenoxy) is 1. The normalized spacial score (nSPS) is 15.5. The molecule has 1 heterocycles. The van der Waals surface area contributed by atoms with Crippen molar-refractivity contribution in [3.8, 4) is 5.75 Å². The van der Waals surface area contributed by atoms with Crippen molar-refractivity contribution in [1.29, 1.82) is 0 Å². The average molecular weight is 276 g/mol. The first-order valence-corrected chi connectivity index (χ1v) is 5.99. The van der Waals surface area contributed by atoms with E-state index >= 15 is 0 Å². The van der Waals surface area contributed by atoms with E-state index in [9.17, 15) is 9.59 Å². The molecule has 6 heteroatoms. The van der Waals surface area contributed by atoms with Gasteiger partial charge in [0.1, 0.15) is 5.75 Å². The summed E-state index contributed by atoms with van der Waals surface area (Å²) in [6, 6.07) is 5.10. The molecule has 0 fully saturated rings. The lowest BCUT2D eigenvalue weighted by molar-refractivity contribution is -0.123. The number of benzene rings is 1. The molecule has 2 rings (SSSR count). The van der Waals surface area contributed by atoms with Crippen LogP contribution in [0.2, 0.25) is 0 Å². The highest BCUT2D eigenvalue weighted by Crippen LogP contribution is 2.34. The number of carbonyl (C=O) groups excluding carboxylic acids is 2. The zero-order valence-electron chi connectivity index (χ0n) is 11.8. The van der Waals surface area contributed by atoms with E-state index in [1.165, 1.54) is 25.2 Å². The monoisotopic (exact) mass is 276 g/mol. The number of hydrogen-bond acceptors (Lipinski definition) is 4. The summed E-state index contributed by atoms with van der Waals surface area (Å²) in [5.74, 6) is 0.0334. The van der Waals surface area contributed by atoms with Crippen molar-refractivity contribution in [1.82, 2.24) is 9.96 Å². The van der Waals surface area contributed by atoms with Gasteiger partial charge in [-0.05, 0) is 18.2 Å². The van der Waals surface area contributed by atoms with E-state index in [2.05, 4.69) is 0 Å². The van der Waals surface area contributed by atoms with Gasteiger partial charge in [-0.3, -0.25) is 14.4 Å². The van der Waals surface area contributed by atoms with Crippen LogP contribution in [0.3, 0.4) is 0 Å². The Morgan fingerprint density at radius 1 is 1.25 bits per heavy atom. The van der Waals surface area contributed by atoms with E-state index in [1.807, 2.05) is 0 Å². The van der Waals surface area contributed by atoms with Gasteiger partial charge in [0.2, 0.25) is 5.91 Å². The van der Waals surface area contributed by atoms with Crippen LogP contribution in [0.4, 0.5) is 0 Å². The van der Waals surface area contributed by atoms with E-state index in [1.54, 1.807) is 32.3 Å². The molecular weight excluding hydrogens is 260 g/mol. The molecule has 0 N–H and O–H groups in total. The summed E-state index contributed by atoms with van der Waals surface area (Å²) in [6.07, 6.45) is 1.37. The Labute approximate surface area is 117 Å². The zero-order valence-corrected chi connectivity index (χ0v) is 11.8. The Morgan fingerprint density at radius 3 is 2.50 bits per heavy atom. The standard InChI is InChI=1S/C14H16N2O4/c1-15(2)13(17)8-12-10-6-5-9(19-3)7-11(10)14(18)16(12)20-4/h5-8H,1-4H3/b12-8+. The van der Waals surface area contributed by atoms with E-state index in [0.29, 0.717) is 22.6 Å². The summed E-state index contributed by atoms with van der Waals surface area (Å²) >= 11 is 0. The lowest BCUT2D eigenvalue weighted by Crippen LogP contribution is -2.24. The summed E-state index contributed by atoms with van der Waals surface area (Å²) in [5, 5.41) is 1.10. The van der Waals surface area contributed by atoms with Gasteiger partial charge in [-0.15, -0.1) is 0 Å². The van der Waals surface area contributed by atoms with Crippen molar-refractivity contribution < 1.29 is 19.2 Å². The van der Waals surface area contributed by atoms with Gasteiger partial charge >= 0.3 is 0 Å². The van der Waals surface area contributed by atoms with E-state index in [-0.39, 0.29) is 11.8 Å². The van der Waals surface area contributed by atoms with E-state index in [4.69, 9.17) is 9.57 Å². The molecule has 0 radical (unpaired) electrons.